The molecule has 1 aliphatic heterocycles. The lowest BCUT2D eigenvalue weighted by Crippen LogP contribution is -2.44. The Kier molecular flexibility index (Phi) is 5.38. The first-order chi connectivity index (χ1) is 12.4. The third-order valence-electron chi connectivity index (χ3n) is 4.48. The fourth-order valence-electron chi connectivity index (χ4n) is 3.01. The van der Waals surface area contributed by atoms with Crippen molar-refractivity contribution in [2.45, 2.75) is 19.8 Å². The van der Waals surface area contributed by atoms with Crippen LogP contribution < -0.4 is 5.32 Å². The summed E-state index contributed by atoms with van der Waals surface area (Å²) in [6, 6.07) is 7.66. The summed E-state index contributed by atoms with van der Waals surface area (Å²) in [6.45, 7) is 2.23. The van der Waals surface area contributed by atoms with Gasteiger partial charge in [0.05, 0.1) is 17.4 Å². The number of anilines is 1. The average Bonchev–Trinajstić information content (AvgIpc) is 3.10. The van der Waals surface area contributed by atoms with Crippen LogP contribution in [0.2, 0.25) is 0 Å². The lowest BCUT2D eigenvalue weighted by molar-refractivity contribution is -0.120. The summed E-state index contributed by atoms with van der Waals surface area (Å²) in [7, 11) is -3.30. The van der Waals surface area contributed by atoms with Crippen LogP contribution in [0.4, 0.5) is 10.2 Å². The Hall–Kier alpha value is -2.26. The molecule has 0 bridgehead atoms. The van der Waals surface area contributed by atoms with Crippen LogP contribution in [-0.2, 0) is 14.8 Å². The smallest absolute Gasteiger partial charge is 0.230 e. The predicted molar refractivity (Wildman–Crippen MR) is 96.4 cm³/mol. The van der Waals surface area contributed by atoms with E-state index in [-0.39, 0.29) is 24.0 Å². The highest BCUT2D eigenvalue weighted by atomic mass is 32.2. The maximum Gasteiger partial charge on any atom is 0.230 e. The van der Waals surface area contributed by atoms with Crippen molar-refractivity contribution >= 4 is 21.7 Å². The van der Waals surface area contributed by atoms with Crippen LogP contribution in [-0.4, -0.2) is 47.7 Å². The minimum absolute atomic E-state index is 0.0255. The molecule has 0 unspecified atom stereocenters. The molecule has 1 fully saturated rings. The van der Waals surface area contributed by atoms with Crippen molar-refractivity contribution in [1.29, 1.82) is 0 Å². The van der Waals surface area contributed by atoms with E-state index >= 15 is 0 Å². The maximum absolute atomic E-state index is 13.3. The molecule has 1 aromatic carbocycles. The number of hydrogen-bond acceptors (Lipinski definition) is 4. The Bertz CT molecular complexity index is 897. The molecule has 2 aromatic rings. The van der Waals surface area contributed by atoms with Gasteiger partial charge < -0.3 is 5.32 Å². The molecule has 140 valence electrons. The number of hydrogen-bond donors (Lipinski definition) is 2. The molecule has 0 aliphatic carbocycles. The summed E-state index contributed by atoms with van der Waals surface area (Å²) >= 11 is 0. The third-order valence-corrected chi connectivity index (χ3v) is 6.33. The standard InChI is InChI=1S/C17H21FN4O3S/c1-2-26(24,25)22-8-4-6-13(11-22)17(23)19-16-10-15(20-21-16)12-5-3-7-14(18)9-12/h3,5,7,9-10,13H,2,4,6,8,11H2,1H3,(H2,19,20,21,23)/t13-/m1/s1. The summed E-state index contributed by atoms with van der Waals surface area (Å²) in [5.74, 6) is -0.693. The number of aromatic amines is 1. The summed E-state index contributed by atoms with van der Waals surface area (Å²) in [5.41, 5.74) is 1.20. The molecule has 0 saturated carbocycles. The van der Waals surface area contributed by atoms with Crippen molar-refractivity contribution in [3.8, 4) is 11.3 Å². The van der Waals surface area contributed by atoms with Gasteiger partial charge >= 0.3 is 0 Å². The minimum Gasteiger partial charge on any atom is -0.309 e. The Morgan fingerprint density at radius 1 is 1.42 bits per heavy atom. The van der Waals surface area contributed by atoms with Crippen LogP contribution in [0.1, 0.15) is 19.8 Å². The zero-order valence-electron chi connectivity index (χ0n) is 14.4. The van der Waals surface area contributed by atoms with Gasteiger partial charge in [-0.15, -0.1) is 0 Å². The normalized spacial score (nSPS) is 18.6. The van der Waals surface area contributed by atoms with Crippen molar-refractivity contribution in [3.63, 3.8) is 0 Å². The summed E-state index contributed by atoms with van der Waals surface area (Å²) in [4.78, 5) is 12.5. The second-order valence-corrected chi connectivity index (χ2v) is 8.52. The molecule has 0 radical (unpaired) electrons. The first-order valence-electron chi connectivity index (χ1n) is 8.49. The molecule has 1 aromatic heterocycles. The fraction of sp³-hybridized carbons (Fsp3) is 0.412. The van der Waals surface area contributed by atoms with E-state index in [0.717, 1.165) is 0 Å². The monoisotopic (exact) mass is 380 g/mol. The topological polar surface area (TPSA) is 95.2 Å². The number of nitrogens with zero attached hydrogens (tertiary/aromatic N) is 2. The van der Waals surface area contributed by atoms with Crippen LogP contribution in [0.5, 0.6) is 0 Å². The number of sulfonamides is 1. The molecule has 0 spiro atoms. The van der Waals surface area contributed by atoms with Gasteiger partial charge in [0.25, 0.3) is 0 Å². The van der Waals surface area contributed by atoms with Gasteiger partial charge in [0.1, 0.15) is 5.82 Å². The second kappa shape index (κ2) is 7.55. The molecule has 2 heterocycles. The van der Waals surface area contributed by atoms with Crippen LogP contribution >= 0.6 is 0 Å². The molecule has 1 atom stereocenters. The Balaban J connectivity index is 1.67. The number of H-pyrrole nitrogens is 1. The van der Waals surface area contributed by atoms with E-state index in [1.165, 1.54) is 16.4 Å². The van der Waals surface area contributed by atoms with E-state index in [1.54, 1.807) is 25.1 Å². The van der Waals surface area contributed by atoms with Gasteiger partial charge in [-0.25, -0.2) is 17.1 Å². The van der Waals surface area contributed by atoms with Crippen LogP contribution in [0.3, 0.4) is 0 Å². The number of carbonyl (C=O) groups is 1. The number of piperidine rings is 1. The number of benzene rings is 1. The maximum atomic E-state index is 13.3. The summed E-state index contributed by atoms with van der Waals surface area (Å²) in [5, 5.41) is 9.50. The first kappa shape index (κ1) is 18.5. The van der Waals surface area contributed by atoms with Gasteiger partial charge in [-0.2, -0.15) is 5.10 Å². The van der Waals surface area contributed by atoms with Gasteiger partial charge in [0, 0.05) is 24.7 Å². The number of aromatic nitrogens is 2. The Labute approximate surface area is 151 Å². The number of halogens is 1. The number of carbonyl (C=O) groups excluding carboxylic acids is 1. The Morgan fingerprint density at radius 2 is 2.23 bits per heavy atom. The van der Waals surface area contributed by atoms with Crippen molar-refractivity contribution < 1.29 is 17.6 Å². The van der Waals surface area contributed by atoms with Crippen LogP contribution in [0.25, 0.3) is 11.3 Å². The molecular formula is C17H21FN4O3S. The van der Waals surface area contributed by atoms with Crippen LogP contribution in [0, 0.1) is 11.7 Å². The molecule has 1 aliphatic rings. The SMILES string of the molecule is CCS(=O)(=O)N1CCC[C@@H](C(=O)Nc2cc(-c3cccc(F)c3)[nH]n2)C1. The molecule has 2 N–H and O–H groups in total. The van der Waals surface area contributed by atoms with E-state index in [4.69, 9.17) is 0 Å². The number of amides is 1. The second-order valence-electron chi connectivity index (χ2n) is 6.26. The van der Waals surface area contributed by atoms with Gasteiger partial charge in [-0.05, 0) is 31.9 Å². The van der Waals surface area contributed by atoms with Gasteiger partial charge in [-0.1, -0.05) is 12.1 Å². The van der Waals surface area contributed by atoms with E-state index in [1.807, 2.05) is 0 Å². The number of nitrogens with one attached hydrogen (secondary N) is 2. The fourth-order valence-corrected chi connectivity index (χ4v) is 4.19. The summed E-state index contributed by atoms with van der Waals surface area (Å²) < 4.78 is 38.7. The van der Waals surface area contributed by atoms with Crippen molar-refractivity contribution in [1.82, 2.24) is 14.5 Å². The number of rotatable bonds is 5. The molecule has 7 nitrogen and oxygen atoms in total. The van der Waals surface area contributed by atoms with E-state index in [0.29, 0.717) is 36.5 Å². The highest BCUT2D eigenvalue weighted by Crippen LogP contribution is 2.23. The lowest BCUT2D eigenvalue weighted by atomic mass is 9.99. The van der Waals surface area contributed by atoms with E-state index in [9.17, 15) is 17.6 Å². The zero-order valence-corrected chi connectivity index (χ0v) is 15.2. The highest BCUT2D eigenvalue weighted by Gasteiger charge is 2.31. The van der Waals surface area contributed by atoms with Gasteiger partial charge in [-0.3, -0.25) is 9.89 Å². The molecule has 3 rings (SSSR count). The third kappa shape index (κ3) is 4.10. The van der Waals surface area contributed by atoms with E-state index in [2.05, 4.69) is 15.5 Å². The van der Waals surface area contributed by atoms with Gasteiger partial charge in [0.2, 0.25) is 15.9 Å². The lowest BCUT2D eigenvalue weighted by Gasteiger charge is -2.30. The zero-order chi connectivity index (χ0) is 18.7. The quantitative estimate of drug-likeness (QED) is 0.831. The highest BCUT2D eigenvalue weighted by molar-refractivity contribution is 7.89. The molecule has 26 heavy (non-hydrogen) atoms. The molecule has 1 amide bonds. The van der Waals surface area contributed by atoms with E-state index < -0.39 is 15.9 Å². The van der Waals surface area contributed by atoms with Crippen molar-refractivity contribution in [2.75, 3.05) is 24.2 Å². The first-order valence-corrected chi connectivity index (χ1v) is 10.1. The van der Waals surface area contributed by atoms with Gasteiger partial charge in [0.15, 0.2) is 5.82 Å². The Morgan fingerprint density at radius 3 is 2.96 bits per heavy atom. The largest absolute Gasteiger partial charge is 0.309 e. The molecular weight excluding hydrogens is 359 g/mol. The summed E-state index contributed by atoms with van der Waals surface area (Å²) in [6.07, 6.45) is 1.27. The van der Waals surface area contributed by atoms with Crippen molar-refractivity contribution in [2.24, 2.45) is 5.92 Å². The minimum atomic E-state index is -3.30. The molecule has 9 heteroatoms. The van der Waals surface area contributed by atoms with Crippen LogP contribution in [0.15, 0.2) is 30.3 Å². The average molecular weight is 380 g/mol. The molecule has 1 saturated heterocycles. The van der Waals surface area contributed by atoms with Crippen molar-refractivity contribution in [3.05, 3.63) is 36.1 Å². The predicted octanol–water partition coefficient (Wildman–Crippen LogP) is 2.22.